The predicted octanol–water partition coefficient (Wildman–Crippen LogP) is 1.44. The number of aromatic hydroxyl groups is 1. The lowest BCUT2D eigenvalue weighted by Crippen LogP contribution is -2.50. The highest BCUT2D eigenvalue weighted by atomic mass is 16.8. The first kappa shape index (κ1) is 19.6. The fraction of sp³-hybridized carbons (Fsp3) is 0.650. The molecule has 1 aromatic carbocycles. The summed E-state index contributed by atoms with van der Waals surface area (Å²) in [6.07, 6.45) is -1.48. The first-order chi connectivity index (χ1) is 13.5. The summed E-state index contributed by atoms with van der Waals surface area (Å²) >= 11 is 0. The van der Waals surface area contributed by atoms with E-state index in [-0.39, 0.29) is 24.2 Å². The molecule has 8 nitrogen and oxygen atoms in total. The Bertz CT molecular complexity index is 707. The minimum absolute atomic E-state index is 0.0749. The van der Waals surface area contributed by atoms with Crippen LogP contribution >= 0.6 is 0 Å². The van der Waals surface area contributed by atoms with Crippen LogP contribution in [0.25, 0.3) is 0 Å². The van der Waals surface area contributed by atoms with Crippen LogP contribution in [0.4, 0.5) is 0 Å². The molecule has 2 saturated heterocycles. The first-order valence-electron chi connectivity index (χ1n) is 9.71. The van der Waals surface area contributed by atoms with Gasteiger partial charge in [-0.15, -0.1) is 0 Å². The van der Waals surface area contributed by atoms with E-state index in [0.29, 0.717) is 25.2 Å². The zero-order valence-electron chi connectivity index (χ0n) is 15.9. The number of phenolic OH excluding ortho intramolecular Hbond substituents is 1. The highest BCUT2D eigenvalue weighted by Gasteiger charge is 2.77. The molecule has 2 unspecified atom stereocenters. The van der Waals surface area contributed by atoms with Crippen LogP contribution in [0, 0.1) is 11.8 Å². The Kier molecular flexibility index (Phi) is 5.32. The van der Waals surface area contributed by atoms with E-state index < -0.39 is 36.4 Å². The van der Waals surface area contributed by atoms with Gasteiger partial charge in [0.15, 0.2) is 12.6 Å². The summed E-state index contributed by atoms with van der Waals surface area (Å²) < 4.78 is 29.0. The summed E-state index contributed by atoms with van der Waals surface area (Å²) in [4.78, 5) is 12.6. The Morgan fingerprint density at radius 1 is 1.21 bits per heavy atom. The van der Waals surface area contributed by atoms with Gasteiger partial charge in [-0.1, -0.05) is 0 Å². The monoisotopic (exact) mass is 394 g/mol. The van der Waals surface area contributed by atoms with Crippen molar-refractivity contribution in [2.24, 2.45) is 11.8 Å². The van der Waals surface area contributed by atoms with Gasteiger partial charge in [-0.3, -0.25) is 0 Å². The number of hydrogen-bond acceptors (Lipinski definition) is 8. The Balaban J connectivity index is 1.57. The average Bonchev–Trinajstić information content (AvgIpc) is 3.36. The van der Waals surface area contributed by atoms with Gasteiger partial charge in [0.25, 0.3) is 0 Å². The molecule has 154 valence electrons. The number of carbonyl (C=O) groups excluding carboxylic acids is 1. The predicted molar refractivity (Wildman–Crippen MR) is 95.5 cm³/mol. The third-order valence-electron chi connectivity index (χ3n) is 5.84. The van der Waals surface area contributed by atoms with Crippen molar-refractivity contribution in [3.63, 3.8) is 0 Å². The van der Waals surface area contributed by atoms with Crippen molar-refractivity contribution in [3.8, 4) is 5.75 Å². The maximum Gasteiger partial charge on any atom is 0.338 e. The number of fused-ring (bicyclic) bond motifs is 3. The second-order valence-corrected chi connectivity index (χ2v) is 7.34. The van der Waals surface area contributed by atoms with Crippen molar-refractivity contribution in [3.05, 3.63) is 29.8 Å². The fourth-order valence-corrected chi connectivity index (χ4v) is 4.60. The van der Waals surface area contributed by atoms with E-state index >= 15 is 0 Å². The normalized spacial score (nSPS) is 38.5. The molecule has 8 heteroatoms. The molecule has 0 amide bonds. The summed E-state index contributed by atoms with van der Waals surface area (Å²) in [6.45, 7) is 4.49. The standard InChI is InChI=1S/C20H26O8/c1-3-24-14-9-13-15(19(26-14)25-4-2)20(10-21)17(28-20)16(13)27-18(23)11-5-7-12(22)8-6-11/h5-8,13-17,19,21-22H,3-4,9-10H2,1-2H3/t13?,14-,15?,16-,17-,19-,20+/m0/s1. The van der Waals surface area contributed by atoms with Crippen LogP contribution in [-0.4, -0.2) is 66.4 Å². The van der Waals surface area contributed by atoms with Gasteiger partial charge in [-0.25, -0.2) is 4.79 Å². The molecule has 1 saturated carbocycles. The van der Waals surface area contributed by atoms with Crippen LogP contribution < -0.4 is 0 Å². The number of ether oxygens (including phenoxy) is 5. The highest BCUT2D eigenvalue weighted by molar-refractivity contribution is 5.89. The minimum Gasteiger partial charge on any atom is -0.508 e. The molecule has 0 spiro atoms. The Morgan fingerprint density at radius 2 is 1.93 bits per heavy atom. The number of epoxide rings is 1. The van der Waals surface area contributed by atoms with Crippen molar-refractivity contribution >= 4 is 5.97 Å². The van der Waals surface area contributed by atoms with E-state index in [4.69, 9.17) is 23.7 Å². The summed E-state index contributed by atoms with van der Waals surface area (Å²) in [5, 5.41) is 19.4. The van der Waals surface area contributed by atoms with Gasteiger partial charge in [0.05, 0.1) is 18.1 Å². The summed E-state index contributed by atoms with van der Waals surface area (Å²) in [5.74, 6) is -0.795. The first-order valence-corrected chi connectivity index (χ1v) is 9.71. The quantitative estimate of drug-likeness (QED) is 0.529. The van der Waals surface area contributed by atoms with Crippen molar-refractivity contribution < 1.29 is 38.7 Å². The van der Waals surface area contributed by atoms with Crippen LogP contribution in [0.1, 0.15) is 30.6 Å². The van der Waals surface area contributed by atoms with Crippen LogP contribution in [-0.2, 0) is 23.7 Å². The molecule has 0 bridgehead atoms. The van der Waals surface area contributed by atoms with Crippen molar-refractivity contribution in [1.82, 2.24) is 0 Å². The molecule has 2 N–H and O–H groups in total. The molecule has 3 aliphatic rings. The number of hydrogen-bond donors (Lipinski definition) is 2. The van der Waals surface area contributed by atoms with Gasteiger partial charge in [0.1, 0.15) is 23.6 Å². The topological polar surface area (TPSA) is 107 Å². The molecule has 7 atom stereocenters. The van der Waals surface area contributed by atoms with Crippen molar-refractivity contribution in [2.75, 3.05) is 19.8 Å². The van der Waals surface area contributed by atoms with Crippen LogP contribution in [0.15, 0.2) is 24.3 Å². The number of aliphatic hydroxyl groups is 1. The van der Waals surface area contributed by atoms with Gasteiger partial charge in [0.2, 0.25) is 0 Å². The number of benzene rings is 1. The van der Waals surface area contributed by atoms with Crippen molar-refractivity contribution in [1.29, 1.82) is 0 Å². The van der Waals surface area contributed by atoms with Gasteiger partial charge in [-0.05, 0) is 38.1 Å². The third kappa shape index (κ3) is 3.19. The lowest BCUT2D eigenvalue weighted by atomic mass is 9.82. The number of carbonyl (C=O) groups is 1. The van der Waals surface area contributed by atoms with E-state index in [0.717, 1.165) is 0 Å². The zero-order chi connectivity index (χ0) is 19.9. The largest absolute Gasteiger partial charge is 0.508 e. The molecular weight excluding hydrogens is 368 g/mol. The van der Waals surface area contributed by atoms with Crippen molar-refractivity contribution in [2.45, 2.75) is 50.7 Å². The van der Waals surface area contributed by atoms with Crippen LogP contribution in [0.5, 0.6) is 5.75 Å². The third-order valence-corrected chi connectivity index (χ3v) is 5.84. The molecule has 2 heterocycles. The molecule has 28 heavy (non-hydrogen) atoms. The summed E-state index contributed by atoms with van der Waals surface area (Å²) in [5.41, 5.74) is -0.479. The molecule has 3 fully saturated rings. The molecule has 0 radical (unpaired) electrons. The minimum atomic E-state index is -0.818. The molecule has 4 rings (SSSR count). The SMILES string of the molecule is CCO[C@@H]1CC2C([C@@H](OCC)O1)[C@@]1(CO)O[C@H]1[C@H]2OC(=O)c1ccc(O)cc1. The second-order valence-electron chi connectivity index (χ2n) is 7.34. The van der Waals surface area contributed by atoms with E-state index in [1.165, 1.54) is 24.3 Å². The van der Waals surface area contributed by atoms with E-state index in [1.54, 1.807) is 0 Å². The van der Waals surface area contributed by atoms with Gasteiger partial charge in [0, 0.05) is 25.6 Å². The summed E-state index contributed by atoms with van der Waals surface area (Å²) in [7, 11) is 0. The lowest BCUT2D eigenvalue weighted by Gasteiger charge is -2.42. The Morgan fingerprint density at radius 3 is 2.57 bits per heavy atom. The Labute approximate surface area is 163 Å². The molecule has 1 aliphatic carbocycles. The van der Waals surface area contributed by atoms with E-state index in [1.807, 2.05) is 13.8 Å². The smallest absolute Gasteiger partial charge is 0.338 e. The number of esters is 1. The van der Waals surface area contributed by atoms with E-state index in [2.05, 4.69) is 0 Å². The molecular formula is C20H26O8. The van der Waals surface area contributed by atoms with Crippen LogP contribution in [0.3, 0.4) is 0 Å². The second kappa shape index (κ2) is 7.61. The molecule has 1 aromatic rings. The van der Waals surface area contributed by atoms with Gasteiger partial charge >= 0.3 is 5.97 Å². The fourth-order valence-electron chi connectivity index (χ4n) is 4.60. The summed E-state index contributed by atoms with van der Waals surface area (Å²) in [6, 6.07) is 5.88. The van der Waals surface area contributed by atoms with E-state index in [9.17, 15) is 15.0 Å². The lowest BCUT2D eigenvalue weighted by molar-refractivity contribution is -0.309. The molecule has 2 aliphatic heterocycles. The zero-order valence-corrected chi connectivity index (χ0v) is 15.9. The van der Waals surface area contributed by atoms with Gasteiger partial charge in [-0.2, -0.15) is 0 Å². The average molecular weight is 394 g/mol. The van der Waals surface area contributed by atoms with Gasteiger partial charge < -0.3 is 33.9 Å². The highest BCUT2D eigenvalue weighted by Crippen LogP contribution is 2.61. The maximum absolute atomic E-state index is 12.6. The molecule has 0 aromatic heterocycles. The number of rotatable bonds is 7. The number of aliphatic hydroxyl groups excluding tert-OH is 1. The number of phenols is 1. The Hall–Kier alpha value is -1.71. The maximum atomic E-state index is 12.6. The van der Waals surface area contributed by atoms with Crippen LogP contribution in [0.2, 0.25) is 0 Å².